The van der Waals surface area contributed by atoms with Gasteiger partial charge in [0.15, 0.2) is 5.69 Å². The van der Waals surface area contributed by atoms with E-state index in [4.69, 9.17) is 14.7 Å². The van der Waals surface area contributed by atoms with Crippen LogP contribution < -0.4 is 5.14 Å². The molecule has 0 amide bonds. The molecule has 2 aromatic carbocycles. The third-order valence-electron chi connectivity index (χ3n) is 7.07. The van der Waals surface area contributed by atoms with Crippen LogP contribution >= 0.6 is 0 Å². The molecule has 2 aliphatic carbocycles. The minimum absolute atomic E-state index is 0.0582. The summed E-state index contributed by atoms with van der Waals surface area (Å²) in [7, 11) is -4.25. The molecular weight excluding hydrogens is 554 g/mol. The van der Waals surface area contributed by atoms with Crippen LogP contribution in [-0.4, -0.2) is 34.3 Å². The maximum Gasteiger partial charge on any atom is 0.357 e. The summed E-state index contributed by atoms with van der Waals surface area (Å²) < 4.78 is 59.8. The molecule has 41 heavy (non-hydrogen) atoms. The lowest BCUT2D eigenvalue weighted by Crippen LogP contribution is -2.14. The third-order valence-corrected chi connectivity index (χ3v) is 8.02. The van der Waals surface area contributed by atoms with Gasteiger partial charge in [-0.15, -0.1) is 0 Å². The van der Waals surface area contributed by atoms with Crippen molar-refractivity contribution in [1.82, 2.24) is 14.8 Å². The van der Waals surface area contributed by atoms with Crippen molar-refractivity contribution >= 4 is 16.0 Å². The minimum atomic E-state index is -4.25. The van der Waals surface area contributed by atoms with Gasteiger partial charge in [0.25, 0.3) is 0 Å². The zero-order valence-electron chi connectivity index (χ0n) is 21.6. The Kier molecular flexibility index (Phi) is 6.71. The first-order valence-electron chi connectivity index (χ1n) is 13.0. The molecule has 12 heteroatoms. The molecule has 0 atom stereocenters. The number of carbonyl (C=O) groups is 1. The van der Waals surface area contributed by atoms with Crippen molar-refractivity contribution in [2.45, 2.75) is 43.4 Å². The van der Waals surface area contributed by atoms with Crippen molar-refractivity contribution in [2.75, 3.05) is 0 Å². The Morgan fingerprint density at radius 2 is 1.90 bits per heavy atom. The Bertz CT molecular complexity index is 1860. The number of halogens is 2. The summed E-state index contributed by atoms with van der Waals surface area (Å²) in [5.74, 6) is 3.87. The largest absolute Gasteiger partial charge is 0.476 e. The molecule has 0 spiro atoms. The molecule has 2 heterocycles. The first kappa shape index (κ1) is 26.9. The topological polar surface area (TPSA) is 141 Å². The van der Waals surface area contributed by atoms with Gasteiger partial charge in [0.2, 0.25) is 10.0 Å². The Hall–Kier alpha value is -4.34. The summed E-state index contributed by atoms with van der Waals surface area (Å²) in [5, 5.41) is 19.2. The highest BCUT2D eigenvalue weighted by molar-refractivity contribution is 7.89. The molecule has 6 rings (SSSR count). The quantitative estimate of drug-likeness (QED) is 0.294. The summed E-state index contributed by atoms with van der Waals surface area (Å²) in [6.07, 6.45) is 5.66. The molecule has 2 saturated carbocycles. The van der Waals surface area contributed by atoms with E-state index in [9.17, 15) is 27.1 Å². The van der Waals surface area contributed by atoms with E-state index < -0.39 is 32.5 Å². The Morgan fingerprint density at radius 3 is 2.54 bits per heavy atom. The van der Waals surface area contributed by atoms with Gasteiger partial charge in [0.05, 0.1) is 17.0 Å². The van der Waals surface area contributed by atoms with Gasteiger partial charge in [0, 0.05) is 23.5 Å². The number of carboxylic acid groups (broad SMARTS) is 1. The molecule has 0 radical (unpaired) electrons. The average molecular weight is 579 g/mol. The van der Waals surface area contributed by atoms with Crippen LogP contribution in [0.5, 0.6) is 0 Å². The van der Waals surface area contributed by atoms with Gasteiger partial charge in [0.1, 0.15) is 22.8 Å². The van der Waals surface area contributed by atoms with Gasteiger partial charge < -0.3 is 9.52 Å². The van der Waals surface area contributed by atoms with E-state index in [2.05, 4.69) is 16.8 Å². The molecule has 0 bridgehead atoms. The van der Waals surface area contributed by atoms with Gasteiger partial charge in [-0.05, 0) is 73.9 Å². The Labute approximate surface area is 234 Å². The minimum Gasteiger partial charge on any atom is -0.476 e. The normalized spacial score (nSPS) is 15.0. The summed E-state index contributed by atoms with van der Waals surface area (Å²) in [6.45, 7) is 0. The van der Waals surface area contributed by atoms with Gasteiger partial charge in [-0.1, -0.05) is 17.9 Å². The van der Waals surface area contributed by atoms with Gasteiger partial charge in [-0.25, -0.2) is 27.1 Å². The summed E-state index contributed by atoms with van der Waals surface area (Å²) in [6, 6.07) is 8.10. The number of primary sulfonamides is 1. The number of nitrogens with two attached hydrogens (primary N) is 1. The summed E-state index contributed by atoms with van der Waals surface area (Å²) in [4.78, 5) is 14.9. The number of nitrogens with zero attached hydrogens (tertiary/aromatic N) is 3. The predicted octanol–water partition coefficient (Wildman–Crippen LogP) is 4.46. The van der Waals surface area contributed by atoms with Gasteiger partial charge >= 0.3 is 12.0 Å². The lowest BCUT2D eigenvalue weighted by atomic mass is 9.96. The molecule has 2 aromatic heterocycles. The molecule has 0 unspecified atom stereocenters. The molecule has 2 fully saturated rings. The van der Waals surface area contributed by atoms with E-state index >= 15 is 0 Å². The fourth-order valence-electron chi connectivity index (χ4n) is 4.59. The van der Waals surface area contributed by atoms with Crippen LogP contribution in [0.3, 0.4) is 0 Å². The standard InChI is InChI=1S/C29H24F2N4O5S/c30-22-9-8-20(14-19(22)7-5-16-1-2-16)27-21(11-18-6-10-26(23(31)12-18)41(32,38)39)25(13-17-3-4-17)35(34-27)29-33-24(15-40-29)28(36)37/h6,8-10,12,14-17H,1-4,11,13H2,(H,36,37)(H2,32,38,39). The molecule has 2 aliphatic rings. The van der Waals surface area contributed by atoms with Crippen molar-refractivity contribution in [3.8, 4) is 29.1 Å². The second kappa shape index (κ2) is 10.2. The maximum atomic E-state index is 14.8. The second-order valence-corrected chi connectivity index (χ2v) is 11.9. The van der Waals surface area contributed by atoms with Crippen molar-refractivity contribution in [2.24, 2.45) is 17.0 Å². The van der Waals surface area contributed by atoms with Crippen molar-refractivity contribution in [3.05, 3.63) is 82.4 Å². The fraction of sp³-hybridized carbons (Fsp3) is 0.276. The van der Waals surface area contributed by atoms with Crippen LogP contribution in [0, 0.1) is 35.3 Å². The smallest absolute Gasteiger partial charge is 0.357 e. The summed E-state index contributed by atoms with van der Waals surface area (Å²) in [5.41, 5.74) is 2.67. The van der Waals surface area contributed by atoms with Crippen LogP contribution in [0.2, 0.25) is 0 Å². The predicted molar refractivity (Wildman–Crippen MR) is 143 cm³/mol. The average Bonchev–Trinajstić information content (AvgIpc) is 3.83. The van der Waals surface area contributed by atoms with E-state index in [0.717, 1.165) is 44.1 Å². The zero-order valence-corrected chi connectivity index (χ0v) is 22.4. The third kappa shape index (κ3) is 5.77. The first-order chi connectivity index (χ1) is 19.6. The maximum absolute atomic E-state index is 14.8. The zero-order chi connectivity index (χ0) is 28.9. The number of sulfonamides is 1. The first-order valence-corrected chi connectivity index (χ1v) is 14.5. The molecular formula is C29H24F2N4O5S. The van der Waals surface area contributed by atoms with Crippen molar-refractivity contribution in [3.63, 3.8) is 0 Å². The molecule has 0 aliphatic heterocycles. The molecule has 3 N–H and O–H groups in total. The van der Waals surface area contributed by atoms with Gasteiger partial charge in [-0.3, -0.25) is 0 Å². The Morgan fingerprint density at radius 1 is 1.12 bits per heavy atom. The Balaban J connectivity index is 1.51. The summed E-state index contributed by atoms with van der Waals surface area (Å²) >= 11 is 0. The molecule has 4 aromatic rings. The van der Waals surface area contributed by atoms with E-state index in [1.54, 1.807) is 12.1 Å². The van der Waals surface area contributed by atoms with Crippen molar-refractivity contribution in [1.29, 1.82) is 0 Å². The van der Waals surface area contributed by atoms with Crippen molar-refractivity contribution < 1.29 is 31.5 Å². The number of hydrogen-bond acceptors (Lipinski definition) is 6. The number of aromatic nitrogens is 3. The van der Waals surface area contributed by atoms with Crippen LogP contribution in [0.15, 0.2) is 52.0 Å². The van der Waals surface area contributed by atoms with E-state index in [1.165, 1.54) is 16.8 Å². The van der Waals surface area contributed by atoms with Crippen LogP contribution in [-0.2, 0) is 22.9 Å². The number of oxazole rings is 1. The lowest BCUT2D eigenvalue weighted by Gasteiger charge is -2.10. The van der Waals surface area contributed by atoms with E-state index in [0.29, 0.717) is 40.4 Å². The SMILES string of the molecule is NS(=O)(=O)c1ccc(Cc2c(-c3ccc(F)c(C#CC4CC4)c3)nn(-c3nc(C(=O)O)co3)c2CC2CC2)cc1F. The molecule has 9 nitrogen and oxygen atoms in total. The molecule has 210 valence electrons. The molecule has 0 saturated heterocycles. The van der Waals surface area contributed by atoms with Crippen LogP contribution in [0.1, 0.15) is 58.6 Å². The number of rotatable bonds is 8. The second-order valence-electron chi connectivity index (χ2n) is 10.4. The number of carboxylic acids is 1. The van der Waals surface area contributed by atoms with Gasteiger partial charge in [-0.2, -0.15) is 14.8 Å². The highest BCUT2D eigenvalue weighted by Crippen LogP contribution is 2.38. The highest BCUT2D eigenvalue weighted by atomic mass is 32.2. The van der Waals surface area contributed by atoms with E-state index in [-0.39, 0.29) is 29.6 Å². The number of aromatic carboxylic acids is 1. The lowest BCUT2D eigenvalue weighted by molar-refractivity contribution is 0.0690. The monoisotopic (exact) mass is 578 g/mol. The van der Waals surface area contributed by atoms with Crippen LogP contribution in [0.4, 0.5) is 8.78 Å². The number of benzene rings is 2. The van der Waals surface area contributed by atoms with E-state index in [1.807, 2.05) is 0 Å². The highest BCUT2D eigenvalue weighted by Gasteiger charge is 2.30. The van der Waals surface area contributed by atoms with Crippen LogP contribution in [0.25, 0.3) is 17.3 Å². The number of hydrogen-bond donors (Lipinski definition) is 2. The fourth-order valence-corrected chi connectivity index (χ4v) is 5.18.